The normalized spacial score (nSPS) is 13.6. The molecule has 2 atom stereocenters. The highest BCUT2D eigenvalue weighted by Crippen LogP contribution is 2.28. The van der Waals surface area contributed by atoms with Gasteiger partial charge >= 0.3 is 0 Å². The topological polar surface area (TPSA) is 173 Å². The summed E-state index contributed by atoms with van der Waals surface area (Å²) in [7, 11) is 5.51. The van der Waals surface area contributed by atoms with E-state index in [1.807, 2.05) is 25.1 Å². The number of likely N-dealkylation sites (tertiary alicyclic amines) is 1. The fourth-order valence-corrected chi connectivity index (χ4v) is 5.68. The number of rotatable bonds is 50. The quantitative estimate of drug-likeness (QED) is 0.0422. The van der Waals surface area contributed by atoms with E-state index in [2.05, 4.69) is 76.5 Å². The molecule has 1 aliphatic heterocycles. The van der Waals surface area contributed by atoms with E-state index in [1.165, 1.54) is 7.05 Å². The van der Waals surface area contributed by atoms with Crippen molar-refractivity contribution in [3.63, 3.8) is 0 Å². The first-order valence-corrected chi connectivity index (χ1v) is 26.0. The van der Waals surface area contributed by atoms with Gasteiger partial charge in [-0.15, -0.1) is 52.6 Å². The van der Waals surface area contributed by atoms with Gasteiger partial charge in [0, 0.05) is 33.2 Å². The van der Waals surface area contributed by atoms with E-state index in [-0.39, 0.29) is 13.2 Å². The molecule has 2 rings (SSSR count). The fraction of sp³-hybridized carbons (Fsp3) is 0.586. The SMILES string of the molecule is C=CCOCCN(C)CCOCC=C.C=CCOCCOC1C(=O)N(C)C(=O)C1OCCOCC=C.C=CCOCCOCCN(C)CCOCCOCC=C.C=CCOCCOc1ccc(C)cc1OCCOCC=C. The summed E-state index contributed by atoms with van der Waals surface area (Å²) in [5, 5.41) is 0. The number of carbonyl (C=O) groups is 2. The number of nitrogens with zero attached hydrogens (tertiary/aromatic N) is 3. The summed E-state index contributed by atoms with van der Waals surface area (Å²) >= 11 is 0. The minimum absolute atomic E-state index is 0.193. The summed E-state index contributed by atoms with van der Waals surface area (Å²) in [6.07, 6.45) is 11.8. The molecule has 2 amide bonds. The summed E-state index contributed by atoms with van der Waals surface area (Å²) in [5.74, 6) is 0.615. The third-order valence-electron chi connectivity index (χ3n) is 9.64. The molecule has 1 heterocycles. The van der Waals surface area contributed by atoms with Crippen LogP contribution in [0.3, 0.4) is 0 Å². The predicted octanol–water partition coefficient (Wildman–Crippen LogP) is 6.00. The molecule has 19 heteroatoms. The lowest BCUT2D eigenvalue weighted by Gasteiger charge is -2.16. The first-order chi connectivity index (χ1) is 37.5. The molecule has 0 N–H and O–H groups in total. The summed E-state index contributed by atoms with van der Waals surface area (Å²) in [5.41, 5.74) is 1.12. The van der Waals surface area contributed by atoms with Gasteiger partial charge in [0.1, 0.15) is 13.2 Å². The Bertz CT molecular complexity index is 1580. The van der Waals surface area contributed by atoms with Crippen LogP contribution in [0.25, 0.3) is 0 Å². The Morgan fingerprint density at radius 1 is 0.403 bits per heavy atom. The molecule has 0 saturated carbocycles. The number of likely N-dealkylation sites (N-methyl/N-ethyl adjacent to an activating group) is 3. The molecule has 0 bridgehead atoms. The first kappa shape index (κ1) is 74.4. The molecule has 0 radical (unpaired) electrons. The lowest BCUT2D eigenvalue weighted by atomic mass is 10.2. The second-order valence-corrected chi connectivity index (χ2v) is 16.2. The summed E-state index contributed by atoms with van der Waals surface area (Å²) in [6, 6.07) is 5.84. The smallest absolute Gasteiger partial charge is 0.261 e. The molecule has 0 spiro atoms. The average Bonchev–Trinajstić information content (AvgIpc) is 3.63. The van der Waals surface area contributed by atoms with Gasteiger partial charge in [-0.25, -0.2) is 0 Å². The highest BCUT2D eigenvalue weighted by atomic mass is 16.6. The van der Waals surface area contributed by atoms with Crippen LogP contribution < -0.4 is 9.47 Å². The molecule has 2 unspecified atom stereocenters. The van der Waals surface area contributed by atoms with Crippen molar-refractivity contribution in [3.8, 4) is 11.5 Å². The number of benzene rings is 1. The van der Waals surface area contributed by atoms with Crippen LogP contribution >= 0.6 is 0 Å². The van der Waals surface area contributed by atoms with Gasteiger partial charge in [-0.1, -0.05) is 54.7 Å². The third-order valence-corrected chi connectivity index (χ3v) is 9.64. The number of hydrogen-bond acceptors (Lipinski definition) is 18. The molecule has 1 fully saturated rings. The molecule has 1 aromatic rings. The number of amides is 2. The second kappa shape index (κ2) is 57.5. The number of aryl methyl sites for hydroxylation is 1. The standard InChI is InChI=1S/C17H24O4.C15H23NO6.C15H29NO4.C11H21NO2/c1-4-8-18-10-12-20-16-7-6-15(3)14-17(16)21-13-11-19-9-5-2;1-4-6-19-8-10-21-12-13(15(18)16(3)14(12)17)22-11-9-20-7-5-2;1-4-8-17-12-14-19-10-6-16(3)7-11-20-15-13-18-9-5-2;1-4-8-13-10-6-12(3)7-11-14-9-5-2/h4-7,14H,1-2,8-13H2,3H3;4-5,12-13H,1-2,6-11H2,3H3;4-5H,1-2,6-15H2,3H3;4-5H,1-2,6-11H2,3H3. The molecule has 0 aromatic heterocycles. The third kappa shape index (κ3) is 46.0. The Hall–Kier alpha value is -4.68. The predicted molar refractivity (Wildman–Crippen MR) is 304 cm³/mol. The molecule has 19 nitrogen and oxygen atoms in total. The van der Waals surface area contributed by atoms with E-state index in [1.54, 1.807) is 48.6 Å². The van der Waals surface area contributed by atoms with Crippen LogP contribution in [0.4, 0.5) is 0 Å². The maximum Gasteiger partial charge on any atom is 0.261 e. The second-order valence-electron chi connectivity index (χ2n) is 16.2. The highest BCUT2D eigenvalue weighted by Gasteiger charge is 2.47. The van der Waals surface area contributed by atoms with Crippen molar-refractivity contribution in [2.45, 2.75) is 19.1 Å². The van der Waals surface area contributed by atoms with Gasteiger partial charge in [-0.05, 0) is 38.7 Å². The van der Waals surface area contributed by atoms with E-state index < -0.39 is 24.0 Å². The van der Waals surface area contributed by atoms with Crippen molar-refractivity contribution in [2.24, 2.45) is 0 Å². The lowest BCUT2D eigenvalue weighted by Crippen LogP contribution is -2.36. The van der Waals surface area contributed by atoms with Gasteiger partial charge in [0.15, 0.2) is 23.7 Å². The largest absolute Gasteiger partial charge is 0.487 e. The molecule has 77 heavy (non-hydrogen) atoms. The van der Waals surface area contributed by atoms with Crippen LogP contribution in [0.1, 0.15) is 5.56 Å². The molecule has 1 saturated heterocycles. The van der Waals surface area contributed by atoms with Gasteiger partial charge in [-0.3, -0.25) is 14.5 Å². The van der Waals surface area contributed by atoms with Crippen molar-refractivity contribution >= 4 is 11.8 Å². The van der Waals surface area contributed by atoms with Crippen LogP contribution in [0.2, 0.25) is 0 Å². The Morgan fingerprint density at radius 3 is 1.01 bits per heavy atom. The van der Waals surface area contributed by atoms with Crippen molar-refractivity contribution in [2.75, 3.05) is 206 Å². The molecular weight excluding hydrogens is 995 g/mol. The summed E-state index contributed by atoms with van der Waals surface area (Å²) in [4.78, 5) is 29.3. The average molecular weight is 1090 g/mol. The van der Waals surface area contributed by atoms with Crippen molar-refractivity contribution in [1.82, 2.24) is 14.7 Å². The van der Waals surface area contributed by atoms with Crippen molar-refractivity contribution in [3.05, 3.63) is 125 Å². The van der Waals surface area contributed by atoms with Gasteiger partial charge in [0.25, 0.3) is 11.8 Å². The van der Waals surface area contributed by atoms with Crippen LogP contribution in [-0.4, -0.2) is 245 Å². The van der Waals surface area contributed by atoms with Gasteiger partial charge < -0.3 is 76.1 Å². The van der Waals surface area contributed by atoms with Crippen molar-refractivity contribution < 1.29 is 75.9 Å². The zero-order chi connectivity index (χ0) is 57.3. The number of carbonyl (C=O) groups excluding carboxylic acids is 2. The molecular formula is C58H97N3O16. The summed E-state index contributed by atoms with van der Waals surface area (Å²) in [6.45, 7) is 46.8. The minimum atomic E-state index is -0.941. The summed E-state index contributed by atoms with van der Waals surface area (Å²) < 4.78 is 75.0. The Kier molecular flexibility index (Phi) is 55.5. The first-order valence-electron chi connectivity index (χ1n) is 26.0. The number of imide groups is 1. The van der Waals surface area contributed by atoms with Gasteiger partial charge in [0.05, 0.1) is 145 Å². The van der Waals surface area contributed by atoms with Crippen LogP contribution in [-0.2, 0) is 66.4 Å². The zero-order valence-electron chi connectivity index (χ0n) is 47.3. The molecule has 1 aliphatic rings. The molecule has 0 aliphatic carbocycles. The number of ether oxygens (including phenoxy) is 14. The van der Waals surface area contributed by atoms with Gasteiger partial charge in [0.2, 0.25) is 0 Å². The van der Waals surface area contributed by atoms with Crippen molar-refractivity contribution in [1.29, 1.82) is 0 Å². The molecule has 1 aromatic carbocycles. The van der Waals surface area contributed by atoms with Gasteiger partial charge in [-0.2, -0.15) is 0 Å². The maximum atomic E-state index is 12.0. The Balaban J connectivity index is 0. The number of hydrogen-bond donors (Lipinski definition) is 0. The minimum Gasteiger partial charge on any atom is -0.487 e. The Morgan fingerprint density at radius 2 is 0.675 bits per heavy atom. The van der Waals surface area contributed by atoms with Crippen LogP contribution in [0, 0.1) is 6.92 Å². The Labute approximate surface area is 462 Å². The van der Waals surface area contributed by atoms with E-state index in [9.17, 15) is 9.59 Å². The zero-order valence-corrected chi connectivity index (χ0v) is 47.3. The van der Waals surface area contributed by atoms with E-state index in [0.29, 0.717) is 138 Å². The van der Waals surface area contributed by atoms with E-state index in [0.717, 1.165) is 55.6 Å². The fourth-order valence-electron chi connectivity index (χ4n) is 5.68. The van der Waals surface area contributed by atoms with E-state index in [4.69, 9.17) is 66.3 Å². The maximum absolute atomic E-state index is 12.0. The molecule has 440 valence electrons. The lowest BCUT2D eigenvalue weighted by molar-refractivity contribution is -0.142. The van der Waals surface area contributed by atoms with Crippen LogP contribution in [0.5, 0.6) is 11.5 Å². The van der Waals surface area contributed by atoms with Crippen LogP contribution in [0.15, 0.2) is 119 Å². The monoisotopic (exact) mass is 1090 g/mol. The highest BCUT2D eigenvalue weighted by molar-refractivity contribution is 6.07. The van der Waals surface area contributed by atoms with E-state index >= 15 is 0 Å².